The molecule has 2 N–H and O–H groups in total. The number of nitrogens with two attached hydrogens (primary N) is 1. The first kappa shape index (κ1) is 10.5. The Balaban J connectivity index is 2.48. The molecule has 78 valence electrons. The molecule has 0 saturated carbocycles. The zero-order chi connectivity index (χ0) is 10.6. The number of rotatable bonds is 4. The molecule has 14 heavy (non-hydrogen) atoms. The summed E-state index contributed by atoms with van der Waals surface area (Å²) in [5.41, 5.74) is 5.32. The first-order valence-electron chi connectivity index (χ1n) is 4.52. The van der Waals surface area contributed by atoms with Gasteiger partial charge in [0.05, 0.1) is 0 Å². The number of hydrogen-bond acceptors (Lipinski definition) is 4. The van der Waals surface area contributed by atoms with Crippen LogP contribution < -0.4 is 5.73 Å². The van der Waals surface area contributed by atoms with Gasteiger partial charge in [-0.25, -0.2) is 9.67 Å². The highest BCUT2D eigenvalue weighted by molar-refractivity contribution is 5.75. The second-order valence-corrected chi connectivity index (χ2v) is 3.12. The van der Waals surface area contributed by atoms with E-state index >= 15 is 0 Å². The number of amides is 1. The number of carbonyl (C=O) groups is 1. The molecule has 0 aliphatic heterocycles. The van der Waals surface area contributed by atoms with Crippen molar-refractivity contribution < 1.29 is 4.79 Å². The van der Waals surface area contributed by atoms with Crippen LogP contribution >= 0.6 is 0 Å². The lowest BCUT2D eigenvalue weighted by molar-refractivity contribution is -0.130. The highest BCUT2D eigenvalue weighted by Gasteiger charge is 2.08. The quantitative estimate of drug-likeness (QED) is 0.720. The lowest BCUT2D eigenvalue weighted by atomic mass is 10.4. The highest BCUT2D eigenvalue weighted by Crippen LogP contribution is 1.93. The molecule has 0 radical (unpaired) electrons. The summed E-state index contributed by atoms with van der Waals surface area (Å²) in [6, 6.07) is 0. The number of carbonyl (C=O) groups excluding carboxylic acids is 1. The Bertz CT molecular complexity index is 308. The Kier molecular flexibility index (Phi) is 3.44. The highest BCUT2D eigenvalue weighted by atomic mass is 16.2. The molecule has 1 rings (SSSR count). The zero-order valence-corrected chi connectivity index (χ0v) is 8.47. The number of nitrogen functional groups attached to an aromatic ring is 1. The van der Waals surface area contributed by atoms with Gasteiger partial charge in [0.25, 0.3) is 0 Å². The third-order valence-electron chi connectivity index (χ3n) is 1.84. The van der Waals surface area contributed by atoms with Gasteiger partial charge < -0.3 is 10.6 Å². The molecule has 6 heteroatoms. The van der Waals surface area contributed by atoms with E-state index in [9.17, 15) is 4.79 Å². The molecule has 0 spiro atoms. The second kappa shape index (κ2) is 4.59. The van der Waals surface area contributed by atoms with Gasteiger partial charge in [0.2, 0.25) is 11.9 Å². The molecule has 1 heterocycles. The van der Waals surface area contributed by atoms with Crippen LogP contribution in [0.5, 0.6) is 0 Å². The number of hydrogen-bond donors (Lipinski definition) is 1. The van der Waals surface area contributed by atoms with Crippen molar-refractivity contribution in [2.45, 2.75) is 19.9 Å². The van der Waals surface area contributed by atoms with Crippen LogP contribution in [0.1, 0.15) is 13.3 Å². The fraction of sp³-hybridized carbons (Fsp3) is 0.625. The van der Waals surface area contributed by atoms with Crippen LogP contribution in [0.25, 0.3) is 0 Å². The molecule has 0 fully saturated rings. The lowest BCUT2D eigenvalue weighted by Gasteiger charge is -2.15. The molecular weight excluding hydrogens is 182 g/mol. The van der Waals surface area contributed by atoms with Gasteiger partial charge in [0.15, 0.2) is 0 Å². The normalized spacial score (nSPS) is 10.1. The van der Waals surface area contributed by atoms with Crippen molar-refractivity contribution in [3.63, 3.8) is 0 Å². The van der Waals surface area contributed by atoms with Crippen molar-refractivity contribution >= 4 is 11.9 Å². The van der Waals surface area contributed by atoms with E-state index in [1.165, 1.54) is 11.0 Å². The molecule has 0 aliphatic carbocycles. The molecule has 0 atom stereocenters. The van der Waals surface area contributed by atoms with Gasteiger partial charge in [-0.2, -0.15) is 0 Å². The molecule has 0 saturated heterocycles. The van der Waals surface area contributed by atoms with E-state index < -0.39 is 0 Å². The zero-order valence-electron chi connectivity index (χ0n) is 8.47. The van der Waals surface area contributed by atoms with Gasteiger partial charge in [-0.05, 0) is 6.42 Å². The monoisotopic (exact) mass is 197 g/mol. The van der Waals surface area contributed by atoms with E-state index in [2.05, 4.69) is 10.1 Å². The largest absolute Gasteiger partial charge is 0.367 e. The van der Waals surface area contributed by atoms with Crippen molar-refractivity contribution in [2.24, 2.45) is 0 Å². The Hall–Kier alpha value is -1.59. The molecule has 0 unspecified atom stereocenters. The Morgan fingerprint density at radius 1 is 1.71 bits per heavy atom. The number of likely N-dealkylation sites (N-methyl/N-ethyl adjacent to an activating group) is 1. The predicted octanol–water partition coefficient (Wildman–Crippen LogP) is -0.271. The van der Waals surface area contributed by atoms with Crippen LogP contribution in [0.3, 0.4) is 0 Å². The minimum Gasteiger partial charge on any atom is -0.367 e. The topological polar surface area (TPSA) is 77.0 Å². The number of nitrogens with zero attached hydrogens (tertiary/aromatic N) is 4. The van der Waals surface area contributed by atoms with E-state index in [1.54, 1.807) is 11.9 Å². The van der Waals surface area contributed by atoms with Crippen LogP contribution in [-0.4, -0.2) is 39.2 Å². The molecule has 0 aromatic carbocycles. The number of anilines is 1. The summed E-state index contributed by atoms with van der Waals surface area (Å²) in [5, 5.41) is 3.83. The minimum atomic E-state index is 0.0109. The average Bonchev–Trinajstić information content (AvgIpc) is 2.51. The van der Waals surface area contributed by atoms with Crippen LogP contribution in [0.4, 0.5) is 5.95 Å². The summed E-state index contributed by atoms with van der Waals surface area (Å²) in [4.78, 5) is 16.9. The van der Waals surface area contributed by atoms with Crippen LogP contribution in [0.2, 0.25) is 0 Å². The second-order valence-electron chi connectivity index (χ2n) is 3.12. The Morgan fingerprint density at radius 2 is 2.43 bits per heavy atom. The maximum atomic E-state index is 11.5. The van der Waals surface area contributed by atoms with Crippen LogP contribution in [-0.2, 0) is 11.3 Å². The molecular formula is C8H15N5O. The van der Waals surface area contributed by atoms with E-state index in [-0.39, 0.29) is 18.4 Å². The summed E-state index contributed by atoms with van der Waals surface area (Å²) in [5.74, 6) is 0.202. The third-order valence-corrected chi connectivity index (χ3v) is 1.84. The first-order valence-corrected chi connectivity index (χ1v) is 4.52. The van der Waals surface area contributed by atoms with Crippen molar-refractivity contribution in [3.05, 3.63) is 6.33 Å². The lowest BCUT2D eigenvalue weighted by Crippen LogP contribution is -2.30. The minimum absolute atomic E-state index is 0.0109. The summed E-state index contributed by atoms with van der Waals surface area (Å²) >= 11 is 0. The van der Waals surface area contributed by atoms with E-state index in [0.29, 0.717) is 0 Å². The first-order chi connectivity index (χ1) is 6.63. The molecule has 1 aromatic rings. The van der Waals surface area contributed by atoms with Crippen molar-refractivity contribution in [1.82, 2.24) is 19.7 Å². The summed E-state index contributed by atoms with van der Waals surface area (Å²) in [7, 11) is 1.77. The van der Waals surface area contributed by atoms with Gasteiger partial charge in [-0.3, -0.25) is 4.79 Å². The molecule has 0 aliphatic rings. The van der Waals surface area contributed by atoms with Gasteiger partial charge in [0.1, 0.15) is 12.9 Å². The Morgan fingerprint density at radius 3 is 2.93 bits per heavy atom. The fourth-order valence-corrected chi connectivity index (χ4v) is 1.10. The maximum absolute atomic E-state index is 11.5. The summed E-state index contributed by atoms with van der Waals surface area (Å²) < 4.78 is 1.43. The van der Waals surface area contributed by atoms with Crippen molar-refractivity contribution in [1.29, 1.82) is 0 Å². The van der Waals surface area contributed by atoms with Crippen LogP contribution in [0, 0.1) is 0 Å². The molecule has 1 amide bonds. The predicted molar refractivity (Wildman–Crippen MR) is 52.4 cm³/mol. The summed E-state index contributed by atoms with van der Waals surface area (Å²) in [6.07, 6.45) is 2.40. The average molecular weight is 197 g/mol. The molecule has 0 bridgehead atoms. The van der Waals surface area contributed by atoms with Crippen LogP contribution in [0.15, 0.2) is 6.33 Å². The smallest absolute Gasteiger partial charge is 0.244 e. The van der Waals surface area contributed by atoms with E-state index in [0.717, 1.165) is 13.0 Å². The van der Waals surface area contributed by atoms with Gasteiger partial charge in [0, 0.05) is 13.6 Å². The third kappa shape index (κ3) is 2.72. The summed E-state index contributed by atoms with van der Waals surface area (Å²) in [6.45, 7) is 2.97. The SMILES string of the molecule is CCCN(C)C(=O)Cn1cnc(N)n1. The molecule has 6 nitrogen and oxygen atoms in total. The molecule has 1 aromatic heterocycles. The maximum Gasteiger partial charge on any atom is 0.244 e. The van der Waals surface area contributed by atoms with E-state index in [4.69, 9.17) is 5.73 Å². The van der Waals surface area contributed by atoms with Gasteiger partial charge in [-0.15, -0.1) is 5.10 Å². The van der Waals surface area contributed by atoms with E-state index in [1.807, 2.05) is 6.92 Å². The standard InChI is InChI=1S/C8H15N5O/c1-3-4-12(2)7(14)5-13-6-10-8(9)11-13/h6H,3-5H2,1-2H3,(H2,9,11). The van der Waals surface area contributed by atoms with Crippen molar-refractivity contribution in [3.8, 4) is 0 Å². The Labute approximate surface area is 82.7 Å². The van der Waals surface area contributed by atoms with Crippen molar-refractivity contribution in [2.75, 3.05) is 19.3 Å². The number of aromatic nitrogens is 3. The van der Waals surface area contributed by atoms with Gasteiger partial charge in [-0.1, -0.05) is 6.92 Å². The fourth-order valence-electron chi connectivity index (χ4n) is 1.10. The van der Waals surface area contributed by atoms with Gasteiger partial charge >= 0.3 is 0 Å².